The summed E-state index contributed by atoms with van der Waals surface area (Å²) in [5, 5.41) is 11.3. The summed E-state index contributed by atoms with van der Waals surface area (Å²) in [6.07, 6.45) is 4.42. The molecule has 0 amide bonds. The topological polar surface area (TPSA) is 48.5 Å². The van der Waals surface area contributed by atoms with Crippen LogP contribution in [-0.4, -0.2) is 41.3 Å². The van der Waals surface area contributed by atoms with E-state index in [1.54, 1.807) is 7.11 Å². The normalized spacial score (nSPS) is 35.5. The van der Waals surface area contributed by atoms with E-state index in [4.69, 9.17) is 4.74 Å². The summed E-state index contributed by atoms with van der Waals surface area (Å²) in [5.74, 6) is 1.82. The molecule has 2 aromatic rings. The number of nitrogens with one attached hydrogen (secondary N) is 1. The number of nitrogens with zero attached hydrogens (tertiary/aromatic N) is 1. The number of hydrogen-bond donors (Lipinski definition) is 2. The zero-order chi connectivity index (χ0) is 16.4. The number of aromatic nitrogens is 1. The van der Waals surface area contributed by atoms with Crippen LogP contribution in [0.2, 0.25) is 0 Å². The van der Waals surface area contributed by atoms with E-state index in [2.05, 4.69) is 35.0 Å². The number of methoxy groups -OCH3 is 1. The van der Waals surface area contributed by atoms with E-state index in [1.807, 2.05) is 6.07 Å². The molecule has 3 fully saturated rings. The van der Waals surface area contributed by atoms with Crippen molar-refractivity contribution in [1.82, 2.24) is 9.88 Å². The summed E-state index contributed by atoms with van der Waals surface area (Å²) >= 11 is 0. The van der Waals surface area contributed by atoms with Gasteiger partial charge in [-0.25, -0.2) is 0 Å². The Balaban J connectivity index is 1.66. The lowest BCUT2D eigenvalue weighted by Gasteiger charge is -2.58. The molecule has 2 N–H and O–H groups in total. The van der Waals surface area contributed by atoms with Crippen LogP contribution in [0, 0.1) is 11.8 Å². The molecule has 3 saturated heterocycles. The van der Waals surface area contributed by atoms with Gasteiger partial charge in [-0.05, 0) is 49.4 Å². The third-order valence-electron chi connectivity index (χ3n) is 6.63. The molecule has 4 bridgehead atoms. The largest absolute Gasteiger partial charge is 0.497 e. The molecule has 5 atom stereocenters. The monoisotopic (exact) mass is 324 g/mol. The van der Waals surface area contributed by atoms with Crippen LogP contribution in [0.15, 0.2) is 29.8 Å². The van der Waals surface area contributed by atoms with Gasteiger partial charge in [-0.3, -0.25) is 4.90 Å². The number of aliphatic hydroxyl groups excluding tert-OH is 1. The lowest BCUT2D eigenvalue weighted by Crippen LogP contribution is -2.60. The molecule has 6 rings (SSSR count). The molecule has 1 aromatic carbocycles. The summed E-state index contributed by atoms with van der Waals surface area (Å²) < 4.78 is 5.43. The lowest BCUT2D eigenvalue weighted by molar-refractivity contribution is -0.0503. The maximum atomic E-state index is 10.1. The fraction of sp³-hybridized carbons (Fsp3) is 0.500. The number of ether oxygens (including phenoxy) is 1. The van der Waals surface area contributed by atoms with Gasteiger partial charge in [-0.1, -0.05) is 11.6 Å². The van der Waals surface area contributed by atoms with Crippen molar-refractivity contribution in [2.45, 2.75) is 31.8 Å². The number of rotatable bonds is 2. The maximum Gasteiger partial charge on any atom is 0.119 e. The Kier molecular flexibility index (Phi) is 3.10. The molecular weight excluding hydrogens is 300 g/mol. The highest BCUT2D eigenvalue weighted by Gasteiger charge is 2.52. The van der Waals surface area contributed by atoms with Gasteiger partial charge >= 0.3 is 0 Å². The number of piperidine rings is 3. The van der Waals surface area contributed by atoms with Crippen LogP contribution in [0.25, 0.3) is 10.9 Å². The molecule has 24 heavy (non-hydrogen) atoms. The number of aliphatic hydroxyl groups is 1. The first-order valence-electron chi connectivity index (χ1n) is 8.95. The molecule has 0 aliphatic carbocycles. The second-order valence-electron chi connectivity index (χ2n) is 7.44. The molecule has 2 unspecified atom stereocenters. The Morgan fingerprint density at radius 3 is 3.04 bits per heavy atom. The molecule has 1 aromatic heterocycles. The van der Waals surface area contributed by atoms with Crippen molar-refractivity contribution < 1.29 is 9.84 Å². The quantitative estimate of drug-likeness (QED) is 0.835. The number of fused-ring (bicyclic) bond motifs is 4. The third-order valence-corrected chi connectivity index (χ3v) is 6.63. The number of H-pyrrole nitrogens is 1. The Hall–Kier alpha value is -1.78. The molecule has 4 heteroatoms. The van der Waals surface area contributed by atoms with E-state index in [1.165, 1.54) is 27.7 Å². The summed E-state index contributed by atoms with van der Waals surface area (Å²) in [7, 11) is 1.72. The van der Waals surface area contributed by atoms with Gasteiger partial charge in [0.1, 0.15) is 5.75 Å². The fourth-order valence-corrected chi connectivity index (χ4v) is 5.47. The van der Waals surface area contributed by atoms with E-state index >= 15 is 0 Å². The van der Waals surface area contributed by atoms with Gasteiger partial charge in [0.15, 0.2) is 0 Å². The van der Waals surface area contributed by atoms with Crippen LogP contribution in [0.5, 0.6) is 5.75 Å². The second kappa shape index (κ2) is 5.11. The predicted molar refractivity (Wildman–Crippen MR) is 94.2 cm³/mol. The van der Waals surface area contributed by atoms with Gasteiger partial charge in [-0.2, -0.15) is 0 Å². The van der Waals surface area contributed by atoms with Crippen LogP contribution < -0.4 is 4.74 Å². The van der Waals surface area contributed by atoms with Crippen LogP contribution in [0.3, 0.4) is 0 Å². The van der Waals surface area contributed by atoms with Gasteiger partial charge < -0.3 is 14.8 Å². The number of aromatic amines is 1. The smallest absolute Gasteiger partial charge is 0.119 e. The maximum absolute atomic E-state index is 10.1. The Labute approximate surface area is 142 Å². The highest BCUT2D eigenvalue weighted by molar-refractivity contribution is 5.86. The fourth-order valence-electron chi connectivity index (χ4n) is 5.47. The molecule has 0 radical (unpaired) electrons. The molecule has 0 saturated carbocycles. The standard InChI is InChI=1S/C20H24N2O2/c1-3-11-9-22-18-8-15-14-6-12(24-2)4-5-17(14)21-20(15)19(22)7-13(11)16(18)10-23/h3-6,13,16,18-19,21,23H,7-10H2,1-2H3/t13-,16?,18+,19+/m1/s1. The highest BCUT2D eigenvalue weighted by atomic mass is 16.5. The molecule has 0 spiro atoms. The lowest BCUT2D eigenvalue weighted by atomic mass is 9.64. The zero-order valence-electron chi connectivity index (χ0n) is 14.2. The minimum atomic E-state index is 0.289. The van der Waals surface area contributed by atoms with E-state index in [9.17, 15) is 5.11 Å². The summed E-state index contributed by atoms with van der Waals surface area (Å²) in [6.45, 7) is 3.49. The van der Waals surface area contributed by atoms with Crippen molar-refractivity contribution in [1.29, 1.82) is 0 Å². The summed E-state index contributed by atoms with van der Waals surface area (Å²) in [5.41, 5.74) is 5.56. The van der Waals surface area contributed by atoms with Gasteiger partial charge in [0.2, 0.25) is 0 Å². The third kappa shape index (κ3) is 1.76. The minimum Gasteiger partial charge on any atom is -0.497 e. The van der Waals surface area contributed by atoms with Crippen molar-refractivity contribution in [2.24, 2.45) is 11.8 Å². The summed E-state index contributed by atoms with van der Waals surface area (Å²) in [6, 6.07) is 7.24. The van der Waals surface area contributed by atoms with Crippen molar-refractivity contribution in [3.63, 3.8) is 0 Å². The first-order valence-corrected chi connectivity index (χ1v) is 8.95. The van der Waals surface area contributed by atoms with E-state index in [0.29, 0.717) is 23.9 Å². The Morgan fingerprint density at radius 1 is 1.42 bits per heavy atom. The molecule has 4 nitrogen and oxygen atoms in total. The van der Waals surface area contributed by atoms with Crippen LogP contribution in [0.4, 0.5) is 0 Å². The molecule has 4 aliphatic rings. The zero-order valence-corrected chi connectivity index (χ0v) is 14.2. The molecule has 4 aliphatic heterocycles. The SMILES string of the molecule is CC=C1CN2[C@H]3C[C@H]1C(CO)[C@@H]2Cc1c3[nH]c2ccc(OC)cc12. The number of allylic oxidation sites excluding steroid dienone is 1. The van der Waals surface area contributed by atoms with Gasteiger partial charge in [-0.15, -0.1) is 0 Å². The van der Waals surface area contributed by atoms with Crippen molar-refractivity contribution >= 4 is 10.9 Å². The molecular formula is C20H24N2O2. The number of benzene rings is 1. The predicted octanol–water partition coefficient (Wildman–Crippen LogP) is 3.03. The Bertz CT molecular complexity index is 838. The average molecular weight is 324 g/mol. The average Bonchev–Trinajstić information content (AvgIpc) is 2.99. The minimum absolute atomic E-state index is 0.289. The second-order valence-corrected chi connectivity index (χ2v) is 7.44. The van der Waals surface area contributed by atoms with E-state index < -0.39 is 0 Å². The highest BCUT2D eigenvalue weighted by Crippen LogP contribution is 2.54. The van der Waals surface area contributed by atoms with Crippen molar-refractivity contribution in [2.75, 3.05) is 20.3 Å². The molecule has 126 valence electrons. The van der Waals surface area contributed by atoms with Gasteiger partial charge in [0.05, 0.1) is 13.2 Å². The van der Waals surface area contributed by atoms with Crippen LogP contribution in [-0.2, 0) is 6.42 Å². The Morgan fingerprint density at radius 2 is 2.29 bits per heavy atom. The van der Waals surface area contributed by atoms with E-state index in [-0.39, 0.29) is 6.61 Å². The first-order chi connectivity index (χ1) is 11.7. The summed E-state index contributed by atoms with van der Waals surface area (Å²) in [4.78, 5) is 6.32. The number of hydrogen-bond acceptors (Lipinski definition) is 3. The van der Waals surface area contributed by atoms with Crippen LogP contribution >= 0.6 is 0 Å². The molecule has 5 heterocycles. The van der Waals surface area contributed by atoms with Crippen molar-refractivity contribution in [3.8, 4) is 5.75 Å². The van der Waals surface area contributed by atoms with Gasteiger partial charge in [0.25, 0.3) is 0 Å². The van der Waals surface area contributed by atoms with Crippen molar-refractivity contribution in [3.05, 3.63) is 41.1 Å². The van der Waals surface area contributed by atoms with Crippen LogP contribution in [0.1, 0.15) is 30.6 Å². The van der Waals surface area contributed by atoms with E-state index in [0.717, 1.165) is 25.1 Å². The van der Waals surface area contributed by atoms with Gasteiger partial charge in [0, 0.05) is 41.7 Å². The first kappa shape index (κ1) is 14.6.